The Morgan fingerprint density at radius 3 is 0.652 bits per heavy atom. The van der Waals surface area contributed by atoms with E-state index >= 15 is 0 Å². The largest absolute Gasteiger partial charge is 0.756 e. The molecule has 0 aliphatic heterocycles. The third-order valence-electron chi connectivity index (χ3n) is 9.10. The maximum Gasteiger partial charge on any atom is 0.470 e. The SMILES string of the molecule is C.C.CNCOCC(C)OP(=O)([O-])OCCOP(=O)([O-])O.CNCOCC(C)OP(=O)([O-])OCCOP(=O)([O-])O.CNCOCC(C)OP(=O)([O-])OCCOP(=O)([O-])O.CNCOCC(COP(=O)([O-])OCCOP(=O)([O-])OCCOP(=O)([O-])OCCOP(=O)([O-])OCCOP(=O)([O-])OC(CO)COCNC)OP(=O)(O)O. The van der Waals surface area contributed by atoms with Gasteiger partial charge in [0.1, 0.15) is 12.2 Å². The van der Waals surface area contributed by atoms with Crippen molar-refractivity contribution in [1.82, 2.24) is 26.6 Å². The fourth-order valence-electron chi connectivity index (χ4n) is 5.46. The Hall–Kier alpha value is 0.880. The Kier molecular flexibility index (Phi) is 73.4. The highest BCUT2D eigenvalue weighted by atomic mass is 31.2. The van der Waals surface area contributed by atoms with Crippen molar-refractivity contribution in [2.75, 3.05) is 208 Å². The number of aliphatic hydroxyl groups is 1. The van der Waals surface area contributed by atoms with E-state index < -0.39 is 237 Å². The minimum absolute atomic E-state index is 0. The van der Waals surface area contributed by atoms with Crippen LogP contribution < -0.4 is 80.4 Å². The Morgan fingerprint density at radius 2 is 0.446 bits per heavy atom. The zero-order valence-corrected chi connectivity index (χ0v) is 70.2. The first kappa shape index (κ1) is 124. The quantitative estimate of drug-likeness (QED) is 0.0153. The van der Waals surface area contributed by atoms with Crippen molar-refractivity contribution in [3.05, 3.63) is 0 Å². The molecule has 0 spiro atoms. The Bertz CT molecular complexity index is 2820. The van der Waals surface area contributed by atoms with Crippen LogP contribution in [-0.2, 0) is 169 Å². The van der Waals surface area contributed by atoms with Gasteiger partial charge in [0.15, 0.2) is 0 Å². The van der Waals surface area contributed by atoms with E-state index in [4.69, 9.17) is 53.3 Å². The molecular formula is C41H100N5O54P12-11. The fourth-order valence-corrected chi connectivity index (χ4v) is 13.1. The van der Waals surface area contributed by atoms with E-state index in [1.165, 1.54) is 27.8 Å². The molecule has 112 heavy (non-hydrogen) atoms. The molecule has 0 radical (unpaired) electrons. The topological polar surface area (TPSA) is 871 Å². The minimum atomic E-state index is -5.18. The van der Waals surface area contributed by atoms with Gasteiger partial charge in [-0.1, -0.05) is 14.9 Å². The third-order valence-corrected chi connectivity index (χ3v) is 19.6. The van der Waals surface area contributed by atoms with Crippen LogP contribution in [0.15, 0.2) is 0 Å². The smallest absolute Gasteiger partial charge is 0.470 e. The van der Waals surface area contributed by atoms with Crippen LogP contribution in [0.4, 0.5) is 0 Å². The molecule has 0 amide bonds. The standard InChI is InChI=1S/C18H46N2O27P6.3C7H19NO9P2.2CH4/c1-19-15-35-12-17(11-21)47-53(33,34)44-10-9-42-51(29,30)40-6-5-38-49(25,26)37-3-4-39-50(27,28)41-7-8-43-52(31,32)45-14-18(13-36-16-20-2)46-48(22,23)24;3*1-7(5-14-6-8-2)17-19(12,13)16-4-3-15-18(9,10)11;;/h17-21H,3-16H2,1-2H3,(H,25,26)(H,27,28)(H,29,30)(H,31,32)(H,33,34)(H2,22,23,24);3*7-8H,3-6H2,1-2H3,(H,12,13)(H2,9,10,11);2*1H4/p-11. The van der Waals surface area contributed by atoms with Gasteiger partial charge < -0.3 is 193 Å². The molecule has 0 fully saturated rings. The summed E-state index contributed by atoms with van der Waals surface area (Å²) in [7, 11) is -51.1. The molecule has 0 saturated heterocycles. The van der Waals surface area contributed by atoms with Crippen molar-refractivity contribution >= 4 is 93.9 Å². The van der Waals surface area contributed by atoms with Gasteiger partial charge in [-0.15, -0.1) is 0 Å². The van der Waals surface area contributed by atoms with Crippen LogP contribution in [0.2, 0.25) is 0 Å². The van der Waals surface area contributed by atoms with E-state index in [-0.39, 0.29) is 74.9 Å². The van der Waals surface area contributed by atoms with Gasteiger partial charge in [0.25, 0.3) is 86.0 Å². The molecule has 0 bridgehead atoms. The predicted molar refractivity (Wildman–Crippen MR) is 353 cm³/mol. The van der Waals surface area contributed by atoms with Crippen LogP contribution >= 0.6 is 93.9 Å². The summed E-state index contributed by atoms with van der Waals surface area (Å²) in [5, 5.41) is 22.3. The fraction of sp³-hybridized carbons (Fsp3) is 1.00. The van der Waals surface area contributed by atoms with Crippen LogP contribution in [0.3, 0.4) is 0 Å². The highest BCUT2D eigenvalue weighted by Gasteiger charge is 2.26. The van der Waals surface area contributed by atoms with Gasteiger partial charge >= 0.3 is 7.82 Å². The van der Waals surface area contributed by atoms with Crippen molar-refractivity contribution < 1.29 is 252 Å². The monoisotopic (exact) mass is 1900 g/mol. The van der Waals surface area contributed by atoms with Gasteiger partial charge in [0.2, 0.25) is 0 Å². The molecule has 0 heterocycles. The first-order chi connectivity index (χ1) is 50.4. The molecule has 0 aliphatic carbocycles. The minimum Gasteiger partial charge on any atom is -0.756 e. The molecule has 16 unspecified atom stereocenters. The van der Waals surface area contributed by atoms with E-state index in [0.717, 1.165) is 0 Å². The maximum absolute atomic E-state index is 11.8. The number of hydrogen-bond donors (Lipinski definition) is 11. The molecule has 0 rings (SSSR count). The number of hydrogen-bond acceptors (Lipinski definition) is 54. The van der Waals surface area contributed by atoms with Crippen molar-refractivity contribution in [3.8, 4) is 0 Å². The summed E-state index contributed by atoms with van der Waals surface area (Å²) in [6.45, 7) is -8.63. The molecule has 0 aromatic rings. The molecular weight excluding hydrogens is 1800 g/mol. The van der Waals surface area contributed by atoms with Crippen LogP contribution in [0.25, 0.3) is 0 Å². The lowest BCUT2D eigenvalue weighted by molar-refractivity contribution is -0.239. The van der Waals surface area contributed by atoms with Crippen LogP contribution in [-0.4, -0.2) is 268 Å². The van der Waals surface area contributed by atoms with E-state index in [2.05, 4.69) is 117 Å². The molecule has 59 nitrogen and oxygen atoms in total. The van der Waals surface area contributed by atoms with Gasteiger partial charge in [-0.3, -0.25) is 81.3 Å². The zero-order chi connectivity index (χ0) is 85.5. The van der Waals surface area contributed by atoms with Crippen molar-refractivity contribution in [1.29, 1.82) is 0 Å². The molecule has 11 N–H and O–H groups in total. The number of rotatable bonds is 69. The van der Waals surface area contributed by atoms with E-state index in [1.54, 1.807) is 28.2 Å². The summed E-state index contributed by atoms with van der Waals surface area (Å²) in [5.41, 5.74) is 0. The summed E-state index contributed by atoms with van der Waals surface area (Å²) in [4.78, 5) is 166. The Morgan fingerprint density at radius 1 is 0.259 bits per heavy atom. The molecule has 0 saturated carbocycles. The zero-order valence-electron chi connectivity index (χ0n) is 59.4. The predicted octanol–water partition coefficient (Wildman–Crippen LogP) is -7.37. The van der Waals surface area contributed by atoms with Gasteiger partial charge in [-0.2, -0.15) is 0 Å². The number of phosphoric acid groups is 12. The number of ether oxygens (including phenoxy) is 5. The Balaban J connectivity index is -0.000000387. The number of nitrogens with one attached hydrogen (secondary N) is 5. The van der Waals surface area contributed by atoms with Crippen LogP contribution in [0.5, 0.6) is 0 Å². The Labute approximate surface area is 644 Å². The highest BCUT2D eigenvalue weighted by Crippen LogP contribution is 2.47. The highest BCUT2D eigenvalue weighted by molar-refractivity contribution is 7.48. The van der Waals surface area contributed by atoms with E-state index in [0.29, 0.717) is 0 Å². The molecule has 684 valence electrons. The van der Waals surface area contributed by atoms with E-state index in [1.807, 2.05) is 0 Å². The second-order valence-electron chi connectivity index (χ2n) is 19.2. The first-order valence-corrected chi connectivity index (χ1v) is 47.6. The molecule has 71 heteroatoms. The number of phosphoric ester groups is 12. The first-order valence-electron chi connectivity index (χ1n) is 29.9. The summed E-state index contributed by atoms with van der Waals surface area (Å²) in [6.07, 6.45) is -5.15. The van der Waals surface area contributed by atoms with Crippen molar-refractivity contribution in [2.45, 2.75) is 66.1 Å². The van der Waals surface area contributed by atoms with E-state index in [9.17, 15) is 109 Å². The van der Waals surface area contributed by atoms with Crippen LogP contribution in [0, 0.1) is 0 Å². The van der Waals surface area contributed by atoms with Crippen molar-refractivity contribution in [2.24, 2.45) is 0 Å². The summed E-state index contributed by atoms with van der Waals surface area (Å²) >= 11 is 0. The third kappa shape index (κ3) is 90.1. The lowest BCUT2D eigenvalue weighted by Gasteiger charge is -2.28. The normalized spacial score (nSPS) is 19.2. The summed E-state index contributed by atoms with van der Waals surface area (Å²) < 4.78 is 245. The van der Waals surface area contributed by atoms with Gasteiger partial charge in [-0.05, 0) is 56.0 Å². The molecule has 0 aromatic carbocycles. The summed E-state index contributed by atoms with van der Waals surface area (Å²) in [5.74, 6) is 0. The average Bonchev–Trinajstić information content (AvgIpc) is 1.05. The lowest BCUT2D eigenvalue weighted by Crippen LogP contribution is -2.28. The summed E-state index contributed by atoms with van der Waals surface area (Å²) in [6, 6.07) is 0. The van der Waals surface area contributed by atoms with Crippen molar-refractivity contribution in [3.63, 3.8) is 0 Å². The van der Waals surface area contributed by atoms with Gasteiger partial charge in [-0.25, -0.2) is 4.57 Å². The molecule has 16 atom stereocenters. The lowest BCUT2D eigenvalue weighted by atomic mass is 10.4. The second-order valence-corrected chi connectivity index (χ2v) is 35.0. The second kappa shape index (κ2) is 66.4. The van der Waals surface area contributed by atoms with Gasteiger partial charge in [0, 0.05) is 0 Å². The molecule has 0 aromatic heterocycles. The van der Waals surface area contributed by atoms with Gasteiger partial charge in [0.05, 0.1) is 191 Å². The van der Waals surface area contributed by atoms with Crippen LogP contribution in [0.1, 0.15) is 35.6 Å². The molecule has 0 aliphatic rings. The maximum atomic E-state index is 11.8. The average molecular weight is 1900 g/mol. The number of aliphatic hydroxyl groups excluding tert-OH is 1.